The third-order valence-corrected chi connectivity index (χ3v) is 4.70. The number of hydrogen-bond donors (Lipinski definition) is 0. The Bertz CT molecular complexity index is 714. The molecule has 2 fully saturated rings. The summed E-state index contributed by atoms with van der Waals surface area (Å²) in [6.07, 6.45) is 4.13. The van der Waals surface area contributed by atoms with Crippen LogP contribution in [0.15, 0.2) is 21.2 Å². The van der Waals surface area contributed by atoms with E-state index in [-0.39, 0.29) is 11.9 Å². The number of carbonyl (C=O) groups is 1. The lowest BCUT2D eigenvalue weighted by atomic mass is 10.1. The summed E-state index contributed by atoms with van der Waals surface area (Å²) in [7, 11) is 0. The average Bonchev–Trinajstić information content (AvgIpc) is 3.02. The SMILES string of the molecule is CC(C)c1cc([C@H]2CCCN2C(=O)c2cc(C3CC3)on2)no1. The lowest BCUT2D eigenvalue weighted by Crippen LogP contribution is -2.30. The molecule has 1 aliphatic carbocycles. The van der Waals surface area contributed by atoms with Gasteiger partial charge in [-0.25, -0.2) is 0 Å². The number of amides is 1. The van der Waals surface area contributed by atoms with Crippen molar-refractivity contribution < 1.29 is 13.8 Å². The Balaban J connectivity index is 1.54. The van der Waals surface area contributed by atoms with Gasteiger partial charge in [0.1, 0.15) is 17.2 Å². The van der Waals surface area contributed by atoms with E-state index in [1.165, 1.54) is 0 Å². The molecule has 6 nitrogen and oxygen atoms in total. The molecule has 1 amide bonds. The molecule has 2 aromatic heterocycles. The van der Waals surface area contributed by atoms with E-state index in [2.05, 4.69) is 24.2 Å². The lowest BCUT2D eigenvalue weighted by Gasteiger charge is -2.21. The second-order valence-electron chi connectivity index (χ2n) is 6.85. The van der Waals surface area contributed by atoms with Crippen molar-refractivity contribution in [1.29, 1.82) is 0 Å². The normalized spacial score (nSPS) is 21.3. The number of rotatable bonds is 4. The number of likely N-dealkylation sites (tertiary alicyclic amines) is 1. The van der Waals surface area contributed by atoms with Crippen LogP contribution in [0.1, 0.15) is 85.1 Å². The minimum absolute atomic E-state index is 0.0279. The number of aromatic nitrogens is 2. The zero-order valence-corrected chi connectivity index (χ0v) is 13.5. The molecule has 1 saturated heterocycles. The van der Waals surface area contributed by atoms with E-state index in [9.17, 15) is 4.79 Å². The molecule has 4 rings (SSSR count). The molecule has 0 radical (unpaired) electrons. The molecule has 23 heavy (non-hydrogen) atoms. The Morgan fingerprint density at radius 1 is 1.22 bits per heavy atom. The number of nitrogens with zero attached hydrogens (tertiary/aromatic N) is 3. The zero-order chi connectivity index (χ0) is 16.0. The van der Waals surface area contributed by atoms with Crippen LogP contribution in [-0.4, -0.2) is 27.7 Å². The highest BCUT2D eigenvalue weighted by atomic mass is 16.5. The summed E-state index contributed by atoms with van der Waals surface area (Å²) in [5, 5.41) is 8.15. The second-order valence-corrected chi connectivity index (χ2v) is 6.85. The maximum Gasteiger partial charge on any atom is 0.276 e. The zero-order valence-electron chi connectivity index (χ0n) is 13.5. The number of hydrogen-bond acceptors (Lipinski definition) is 5. The molecule has 3 heterocycles. The summed E-state index contributed by atoms with van der Waals surface area (Å²) in [6.45, 7) is 4.85. The third kappa shape index (κ3) is 2.66. The Morgan fingerprint density at radius 3 is 2.74 bits per heavy atom. The topological polar surface area (TPSA) is 72.4 Å². The van der Waals surface area contributed by atoms with Crippen LogP contribution in [0.25, 0.3) is 0 Å². The monoisotopic (exact) mass is 315 g/mol. The van der Waals surface area contributed by atoms with E-state index in [0.717, 1.165) is 49.4 Å². The summed E-state index contributed by atoms with van der Waals surface area (Å²) in [6, 6.07) is 3.75. The predicted octanol–water partition coefficient (Wildman–Crippen LogP) is 3.64. The highest BCUT2D eigenvalue weighted by Gasteiger charge is 2.35. The van der Waals surface area contributed by atoms with Crippen molar-refractivity contribution in [1.82, 2.24) is 15.2 Å². The Kier molecular flexibility index (Phi) is 3.47. The van der Waals surface area contributed by atoms with Crippen molar-refractivity contribution in [3.8, 4) is 0 Å². The molecular weight excluding hydrogens is 294 g/mol. The van der Waals surface area contributed by atoms with Gasteiger partial charge >= 0.3 is 0 Å². The standard InChI is InChI=1S/C17H21N3O3/c1-10(2)15-8-12(18-22-15)14-4-3-7-20(14)17(21)13-9-16(23-19-13)11-5-6-11/h8-11,14H,3-7H2,1-2H3/t14-/m1/s1. The van der Waals surface area contributed by atoms with Crippen molar-refractivity contribution in [2.45, 2.75) is 57.4 Å². The highest BCUT2D eigenvalue weighted by Crippen LogP contribution is 2.40. The molecule has 0 aromatic carbocycles. The van der Waals surface area contributed by atoms with Crippen LogP contribution in [0, 0.1) is 0 Å². The first-order valence-electron chi connectivity index (χ1n) is 8.37. The highest BCUT2D eigenvalue weighted by molar-refractivity contribution is 5.92. The van der Waals surface area contributed by atoms with Crippen molar-refractivity contribution in [3.05, 3.63) is 35.0 Å². The van der Waals surface area contributed by atoms with Crippen molar-refractivity contribution in [3.63, 3.8) is 0 Å². The fraction of sp³-hybridized carbons (Fsp3) is 0.588. The molecule has 1 saturated carbocycles. The summed E-state index contributed by atoms with van der Waals surface area (Å²) in [4.78, 5) is 14.6. The van der Waals surface area contributed by atoms with Gasteiger partial charge in [-0.3, -0.25) is 4.79 Å². The van der Waals surface area contributed by atoms with Crippen molar-refractivity contribution in [2.75, 3.05) is 6.54 Å². The fourth-order valence-corrected chi connectivity index (χ4v) is 3.15. The molecule has 122 valence electrons. The van der Waals surface area contributed by atoms with E-state index < -0.39 is 0 Å². The van der Waals surface area contributed by atoms with Crippen LogP contribution in [0.5, 0.6) is 0 Å². The van der Waals surface area contributed by atoms with Gasteiger partial charge in [0.25, 0.3) is 5.91 Å². The van der Waals surface area contributed by atoms with Crippen LogP contribution in [0.3, 0.4) is 0 Å². The molecule has 2 aliphatic rings. The van der Waals surface area contributed by atoms with Crippen LogP contribution in [0.2, 0.25) is 0 Å². The van der Waals surface area contributed by atoms with Gasteiger partial charge in [0, 0.05) is 30.5 Å². The van der Waals surface area contributed by atoms with E-state index in [1.807, 2.05) is 11.0 Å². The third-order valence-electron chi connectivity index (χ3n) is 4.70. The van der Waals surface area contributed by atoms with Crippen molar-refractivity contribution >= 4 is 5.91 Å². The molecule has 0 N–H and O–H groups in total. The minimum atomic E-state index is -0.0720. The summed E-state index contributed by atoms with van der Waals surface area (Å²) >= 11 is 0. The molecule has 0 spiro atoms. The predicted molar refractivity (Wildman–Crippen MR) is 82.1 cm³/mol. The van der Waals surface area contributed by atoms with Gasteiger partial charge in [-0.05, 0) is 25.7 Å². The molecule has 0 unspecified atom stereocenters. The first-order valence-corrected chi connectivity index (χ1v) is 8.37. The first kappa shape index (κ1) is 14.5. The molecule has 1 aliphatic heterocycles. The van der Waals surface area contributed by atoms with Crippen LogP contribution < -0.4 is 0 Å². The number of carbonyl (C=O) groups excluding carboxylic acids is 1. The van der Waals surface area contributed by atoms with Crippen LogP contribution in [0.4, 0.5) is 0 Å². The van der Waals surface area contributed by atoms with E-state index in [1.54, 1.807) is 6.07 Å². The van der Waals surface area contributed by atoms with Gasteiger partial charge in [0.15, 0.2) is 5.69 Å². The summed E-state index contributed by atoms with van der Waals surface area (Å²) in [5.74, 6) is 2.38. The van der Waals surface area contributed by atoms with Gasteiger partial charge in [-0.2, -0.15) is 0 Å². The van der Waals surface area contributed by atoms with Crippen LogP contribution >= 0.6 is 0 Å². The van der Waals surface area contributed by atoms with Gasteiger partial charge in [0.05, 0.1) is 6.04 Å². The Morgan fingerprint density at radius 2 is 2.04 bits per heavy atom. The molecule has 0 bridgehead atoms. The molecule has 1 atom stereocenters. The first-order chi connectivity index (χ1) is 11.1. The fourth-order valence-electron chi connectivity index (χ4n) is 3.15. The summed E-state index contributed by atoms with van der Waals surface area (Å²) < 4.78 is 10.7. The van der Waals surface area contributed by atoms with E-state index >= 15 is 0 Å². The molecule has 2 aromatic rings. The largest absolute Gasteiger partial charge is 0.361 e. The average molecular weight is 315 g/mol. The van der Waals surface area contributed by atoms with Gasteiger partial charge in [0.2, 0.25) is 0 Å². The quantitative estimate of drug-likeness (QED) is 0.861. The minimum Gasteiger partial charge on any atom is -0.361 e. The Hall–Kier alpha value is -2.11. The van der Waals surface area contributed by atoms with E-state index in [4.69, 9.17) is 9.05 Å². The maximum atomic E-state index is 12.8. The van der Waals surface area contributed by atoms with Crippen LogP contribution in [-0.2, 0) is 0 Å². The van der Waals surface area contributed by atoms with Gasteiger partial charge < -0.3 is 13.9 Å². The second kappa shape index (κ2) is 5.51. The van der Waals surface area contributed by atoms with Crippen molar-refractivity contribution in [2.24, 2.45) is 0 Å². The lowest BCUT2D eigenvalue weighted by molar-refractivity contribution is 0.0720. The van der Waals surface area contributed by atoms with Gasteiger partial charge in [-0.1, -0.05) is 24.2 Å². The van der Waals surface area contributed by atoms with E-state index in [0.29, 0.717) is 17.5 Å². The smallest absolute Gasteiger partial charge is 0.276 e. The molecule has 6 heteroatoms. The molecular formula is C17H21N3O3. The Labute approximate surface area is 134 Å². The summed E-state index contributed by atoms with van der Waals surface area (Å²) in [5.41, 5.74) is 1.25. The maximum absolute atomic E-state index is 12.8. The van der Waals surface area contributed by atoms with Gasteiger partial charge in [-0.15, -0.1) is 0 Å².